The molecule has 1 aromatic heterocycles. The van der Waals surface area contributed by atoms with Gasteiger partial charge >= 0.3 is 0 Å². The predicted molar refractivity (Wildman–Crippen MR) is 60.9 cm³/mol. The first-order valence-electron chi connectivity index (χ1n) is 5.79. The lowest BCUT2D eigenvalue weighted by Crippen LogP contribution is -2.35. The highest BCUT2D eigenvalue weighted by molar-refractivity contribution is 5.78. The Hall–Kier alpha value is -1.29. The van der Waals surface area contributed by atoms with Crippen LogP contribution in [0.25, 0.3) is 0 Å². The van der Waals surface area contributed by atoms with Crippen molar-refractivity contribution in [2.24, 2.45) is 5.92 Å². The Morgan fingerprint density at radius 1 is 1.62 bits per heavy atom. The number of hydrogen-bond donors (Lipinski definition) is 2. The zero-order chi connectivity index (χ0) is 11.4. The molecule has 1 amide bonds. The molecule has 1 unspecified atom stereocenters. The van der Waals surface area contributed by atoms with Crippen LogP contribution in [-0.4, -0.2) is 19.0 Å². The third kappa shape index (κ3) is 3.38. The zero-order valence-electron chi connectivity index (χ0n) is 9.53. The molecule has 0 aromatic carbocycles. The van der Waals surface area contributed by atoms with Gasteiger partial charge in [-0.1, -0.05) is 0 Å². The first-order valence-corrected chi connectivity index (χ1v) is 5.79. The molecule has 1 aliphatic rings. The van der Waals surface area contributed by atoms with Gasteiger partial charge in [-0.2, -0.15) is 0 Å². The van der Waals surface area contributed by atoms with Crippen LogP contribution in [0.1, 0.15) is 31.6 Å². The summed E-state index contributed by atoms with van der Waals surface area (Å²) in [4.78, 5) is 11.4. The minimum Gasteiger partial charge on any atom is -0.468 e. The van der Waals surface area contributed by atoms with Gasteiger partial charge in [-0.05, 0) is 37.8 Å². The monoisotopic (exact) mass is 222 g/mol. The first kappa shape index (κ1) is 11.2. The second kappa shape index (κ2) is 5.16. The van der Waals surface area contributed by atoms with Crippen molar-refractivity contribution in [3.05, 3.63) is 24.2 Å². The fourth-order valence-electron chi connectivity index (χ4n) is 1.53. The van der Waals surface area contributed by atoms with E-state index in [0.29, 0.717) is 6.54 Å². The summed E-state index contributed by atoms with van der Waals surface area (Å²) >= 11 is 0. The molecule has 1 aromatic rings. The normalized spacial score (nSPS) is 17.1. The second-order valence-corrected chi connectivity index (χ2v) is 4.37. The maximum absolute atomic E-state index is 11.4. The molecule has 1 saturated carbocycles. The molecule has 2 N–H and O–H groups in total. The molecule has 0 aliphatic heterocycles. The minimum atomic E-state index is 0.0605. The lowest BCUT2D eigenvalue weighted by Gasteiger charge is -2.11. The summed E-state index contributed by atoms with van der Waals surface area (Å²) < 4.78 is 5.24. The molecule has 1 fully saturated rings. The number of amides is 1. The summed E-state index contributed by atoms with van der Waals surface area (Å²) in [5.74, 6) is 1.65. The topological polar surface area (TPSA) is 54.3 Å². The van der Waals surface area contributed by atoms with Crippen LogP contribution in [-0.2, 0) is 4.79 Å². The standard InChI is InChI=1S/C12H18N2O2/c1-9(11-3-2-6-16-11)13-8-12(15)14-7-10-4-5-10/h2-3,6,9-10,13H,4-5,7-8H2,1H3,(H,14,15). The van der Waals surface area contributed by atoms with E-state index in [4.69, 9.17) is 4.42 Å². The Morgan fingerprint density at radius 2 is 2.44 bits per heavy atom. The molecular formula is C12H18N2O2. The van der Waals surface area contributed by atoms with Crippen molar-refractivity contribution in [2.75, 3.05) is 13.1 Å². The van der Waals surface area contributed by atoms with E-state index in [1.807, 2.05) is 19.1 Å². The highest BCUT2D eigenvalue weighted by Gasteiger charge is 2.21. The van der Waals surface area contributed by atoms with Crippen molar-refractivity contribution in [1.29, 1.82) is 0 Å². The lowest BCUT2D eigenvalue weighted by atomic mass is 10.2. The average Bonchev–Trinajstić information content (AvgIpc) is 2.95. The van der Waals surface area contributed by atoms with Crippen LogP contribution in [0.3, 0.4) is 0 Å². The van der Waals surface area contributed by atoms with Crippen molar-refractivity contribution in [2.45, 2.75) is 25.8 Å². The third-order valence-corrected chi connectivity index (χ3v) is 2.82. The van der Waals surface area contributed by atoms with Crippen molar-refractivity contribution < 1.29 is 9.21 Å². The van der Waals surface area contributed by atoms with Crippen molar-refractivity contribution in [3.63, 3.8) is 0 Å². The lowest BCUT2D eigenvalue weighted by molar-refractivity contribution is -0.120. The highest BCUT2D eigenvalue weighted by atomic mass is 16.3. The molecule has 88 valence electrons. The Labute approximate surface area is 95.4 Å². The van der Waals surface area contributed by atoms with Gasteiger partial charge in [0.1, 0.15) is 5.76 Å². The summed E-state index contributed by atoms with van der Waals surface area (Å²) in [6, 6.07) is 3.82. The Bertz CT molecular complexity index is 331. The molecule has 1 aliphatic carbocycles. The zero-order valence-corrected chi connectivity index (χ0v) is 9.53. The number of carbonyl (C=O) groups excluding carboxylic acids is 1. The van der Waals surface area contributed by atoms with Gasteiger partial charge in [-0.15, -0.1) is 0 Å². The van der Waals surface area contributed by atoms with E-state index < -0.39 is 0 Å². The van der Waals surface area contributed by atoms with Gasteiger partial charge in [0, 0.05) is 6.54 Å². The molecule has 0 bridgehead atoms. The molecule has 1 heterocycles. The van der Waals surface area contributed by atoms with Gasteiger partial charge in [-0.3, -0.25) is 10.1 Å². The van der Waals surface area contributed by atoms with Crippen LogP contribution in [0.4, 0.5) is 0 Å². The number of furan rings is 1. The van der Waals surface area contributed by atoms with Crippen molar-refractivity contribution in [3.8, 4) is 0 Å². The van der Waals surface area contributed by atoms with E-state index in [0.717, 1.165) is 18.2 Å². The van der Waals surface area contributed by atoms with E-state index in [1.165, 1.54) is 12.8 Å². The largest absolute Gasteiger partial charge is 0.468 e. The quantitative estimate of drug-likeness (QED) is 0.766. The molecule has 1 atom stereocenters. The van der Waals surface area contributed by atoms with Gasteiger partial charge in [-0.25, -0.2) is 0 Å². The maximum atomic E-state index is 11.4. The molecule has 16 heavy (non-hydrogen) atoms. The number of carbonyl (C=O) groups is 1. The van der Waals surface area contributed by atoms with Gasteiger partial charge in [0.05, 0.1) is 18.8 Å². The summed E-state index contributed by atoms with van der Waals surface area (Å²) in [7, 11) is 0. The van der Waals surface area contributed by atoms with Crippen LogP contribution in [0, 0.1) is 5.92 Å². The second-order valence-electron chi connectivity index (χ2n) is 4.37. The fraction of sp³-hybridized carbons (Fsp3) is 0.583. The van der Waals surface area contributed by atoms with Crippen molar-refractivity contribution in [1.82, 2.24) is 10.6 Å². The molecule has 4 heteroatoms. The smallest absolute Gasteiger partial charge is 0.233 e. The highest BCUT2D eigenvalue weighted by Crippen LogP contribution is 2.27. The van der Waals surface area contributed by atoms with Gasteiger partial charge < -0.3 is 9.73 Å². The SMILES string of the molecule is CC(NCC(=O)NCC1CC1)c1ccco1. The summed E-state index contributed by atoms with van der Waals surface area (Å²) in [5.41, 5.74) is 0. The molecule has 4 nitrogen and oxygen atoms in total. The Morgan fingerprint density at radius 3 is 3.06 bits per heavy atom. The Balaban J connectivity index is 1.64. The average molecular weight is 222 g/mol. The molecule has 2 rings (SSSR count). The summed E-state index contributed by atoms with van der Waals surface area (Å²) in [6.07, 6.45) is 4.16. The van der Waals surface area contributed by atoms with Crippen LogP contribution in [0.5, 0.6) is 0 Å². The van der Waals surface area contributed by atoms with E-state index in [2.05, 4.69) is 10.6 Å². The molecule has 0 saturated heterocycles. The molecule has 0 radical (unpaired) electrons. The van der Waals surface area contributed by atoms with E-state index in [9.17, 15) is 4.79 Å². The third-order valence-electron chi connectivity index (χ3n) is 2.82. The van der Waals surface area contributed by atoms with Gasteiger partial charge in [0.15, 0.2) is 0 Å². The maximum Gasteiger partial charge on any atom is 0.233 e. The summed E-state index contributed by atoms with van der Waals surface area (Å²) in [6.45, 7) is 3.15. The fourth-order valence-corrected chi connectivity index (χ4v) is 1.53. The van der Waals surface area contributed by atoms with Crippen molar-refractivity contribution >= 4 is 5.91 Å². The van der Waals surface area contributed by atoms with E-state index >= 15 is 0 Å². The Kier molecular flexibility index (Phi) is 3.62. The van der Waals surface area contributed by atoms with Crippen LogP contribution in [0.15, 0.2) is 22.8 Å². The van der Waals surface area contributed by atoms with Gasteiger partial charge in [0.2, 0.25) is 5.91 Å². The van der Waals surface area contributed by atoms with E-state index in [1.54, 1.807) is 6.26 Å². The molecule has 0 spiro atoms. The van der Waals surface area contributed by atoms with Crippen LogP contribution >= 0.6 is 0 Å². The van der Waals surface area contributed by atoms with Crippen LogP contribution < -0.4 is 10.6 Å². The number of nitrogens with one attached hydrogen (secondary N) is 2. The minimum absolute atomic E-state index is 0.0605. The predicted octanol–water partition coefficient (Wildman–Crippen LogP) is 1.46. The number of hydrogen-bond acceptors (Lipinski definition) is 3. The van der Waals surface area contributed by atoms with Gasteiger partial charge in [0.25, 0.3) is 0 Å². The molecular weight excluding hydrogens is 204 g/mol. The van der Waals surface area contributed by atoms with E-state index in [-0.39, 0.29) is 11.9 Å². The first-order chi connectivity index (χ1) is 7.75. The van der Waals surface area contributed by atoms with Crippen LogP contribution in [0.2, 0.25) is 0 Å². The summed E-state index contributed by atoms with van der Waals surface area (Å²) in [5, 5.41) is 6.04. The number of rotatable bonds is 6.